The van der Waals surface area contributed by atoms with Crippen LogP contribution >= 0.6 is 46.4 Å². The summed E-state index contributed by atoms with van der Waals surface area (Å²) < 4.78 is 40.6. The van der Waals surface area contributed by atoms with Crippen molar-refractivity contribution in [2.45, 2.75) is 169 Å². The van der Waals surface area contributed by atoms with E-state index >= 15 is 19.2 Å². The summed E-state index contributed by atoms with van der Waals surface area (Å²) >= 11 is 26.5. The smallest absolute Gasteiger partial charge is 0.349 e. The summed E-state index contributed by atoms with van der Waals surface area (Å²) in [4.78, 5) is 149. The molecule has 39 nitrogen and oxygen atoms in total. The van der Waals surface area contributed by atoms with Crippen LogP contribution in [0.25, 0.3) is 11.1 Å². The van der Waals surface area contributed by atoms with Crippen molar-refractivity contribution in [3.8, 4) is 57.1 Å². The largest absolute Gasteiger partial charge is 0.508 e. The van der Waals surface area contributed by atoms with Gasteiger partial charge in [-0.25, -0.2) is 10.6 Å². The predicted molar refractivity (Wildman–Crippen MR) is 435 cm³/mol. The van der Waals surface area contributed by atoms with Gasteiger partial charge in [-0.3, -0.25) is 53.1 Å². The van der Waals surface area contributed by atoms with Crippen molar-refractivity contribution < 1.29 is 118 Å². The number of halogens is 4. The first-order valence-corrected chi connectivity index (χ1v) is 39.9. The van der Waals surface area contributed by atoms with Crippen LogP contribution in [0.3, 0.4) is 0 Å². The van der Waals surface area contributed by atoms with Crippen LogP contribution < -0.4 is 84.8 Å². The maximum Gasteiger partial charge on any atom is 0.349 e. The molecular weight excluding hydrogens is 1700 g/mol. The Morgan fingerprint density at radius 1 is 0.699 bits per heavy atom. The molecule has 6 aromatic carbocycles. The second kappa shape index (κ2) is 38.4. The molecule has 7 aliphatic rings. The van der Waals surface area contributed by atoms with Crippen molar-refractivity contribution >= 4 is 105 Å². The normalized spacial score (nSPS) is 26.2. The van der Waals surface area contributed by atoms with Gasteiger partial charge in [-0.05, 0) is 139 Å². The monoisotopic (exact) mass is 1780 g/mol. The van der Waals surface area contributed by atoms with E-state index in [0.717, 1.165) is 66.7 Å². The number of aromatic hydroxyl groups is 3. The quantitative estimate of drug-likeness (QED) is 0.0291. The third-order valence-electron chi connectivity index (χ3n) is 21.3. The molecule has 123 heavy (non-hydrogen) atoms. The summed E-state index contributed by atoms with van der Waals surface area (Å²) in [6.45, 7) is 5.58. The minimum absolute atomic E-state index is 0.0397. The molecule has 18 atom stereocenters. The van der Waals surface area contributed by atoms with Crippen molar-refractivity contribution in [3.05, 3.63) is 173 Å². The van der Waals surface area contributed by atoms with Gasteiger partial charge in [0.25, 0.3) is 5.91 Å². The highest BCUT2D eigenvalue weighted by Gasteiger charge is 2.52. The molecule has 656 valence electrons. The lowest BCUT2D eigenvalue weighted by Crippen LogP contribution is -2.65. The lowest BCUT2D eigenvalue weighted by atomic mass is 9.85. The molecule has 2 saturated heterocycles. The Balaban J connectivity index is 0.995. The highest BCUT2D eigenvalue weighted by Crippen LogP contribution is 2.50. The lowest BCUT2D eigenvalue weighted by molar-refractivity contribution is -0.334. The standard InChI is InChI=1S/C80H88Cl4N14O25/c1-31(2)18-45(87-5)71(110)95-62-64(105)35-8-12-49(43(83)22-35)119-51-24-37-25-52(68(51)123-78-69(67(108)66(107)53(30-99)121-78)122-57-29-80(4,70(109)32(3)118-57)88-15-17-98-16-14-55(91-79(98)117)90-56(104)20-33-6-10-41(81)42(82)19-33)120-50-13-9-36(23-44(50)84)65(106)63-76(115)94-61(77(116)97-86)40-26-38(100)27-48(102)58(40)39-21-34(7-11-47(39)101)59(73(112)96-63)93-74(113)60(37)92-72(111)46(28-54(85)103)89-75(62)114/h6-14,16,19,21-27,31-32,45-46,53,57,59-67,69-70,78,87-88,99-102,105-109H,15,17-18,20,28-30,86H2,1-5H3,(H2,85,103)(H,89,114)(H,92,111)(H,93,113)(H,94,115)(H,95,110)(H,96,112)(H,97,116)(H,90,91,104,117). The number of aromatic nitrogens is 2. The van der Waals surface area contributed by atoms with E-state index in [9.17, 15) is 74.7 Å². The van der Waals surface area contributed by atoms with Crippen LogP contribution in [0.2, 0.25) is 20.1 Å². The summed E-state index contributed by atoms with van der Waals surface area (Å²) in [5.74, 6) is -10.5. The Morgan fingerprint density at radius 2 is 1.35 bits per heavy atom. The van der Waals surface area contributed by atoms with E-state index < -0.39 is 254 Å². The van der Waals surface area contributed by atoms with E-state index in [1.54, 1.807) is 13.0 Å². The van der Waals surface area contributed by atoms with Crippen molar-refractivity contribution in [1.29, 1.82) is 0 Å². The van der Waals surface area contributed by atoms with Crippen LogP contribution in [0.4, 0.5) is 5.82 Å². The summed E-state index contributed by atoms with van der Waals surface area (Å²) in [6, 6.07) is 5.54. The molecule has 9 amide bonds. The summed E-state index contributed by atoms with van der Waals surface area (Å²) in [7, 11) is 1.47. The number of benzene rings is 6. The van der Waals surface area contributed by atoms with E-state index in [4.69, 9.17) is 86.4 Å². The molecule has 18 unspecified atom stereocenters. The third-order valence-corrected chi connectivity index (χ3v) is 22.6. The predicted octanol–water partition coefficient (Wildman–Crippen LogP) is 1.39. The zero-order valence-corrected chi connectivity index (χ0v) is 68.9. The van der Waals surface area contributed by atoms with E-state index in [1.165, 1.54) is 55.1 Å². The molecular formula is C80H88Cl4N14O25. The Bertz CT molecular complexity index is 5330. The minimum Gasteiger partial charge on any atom is -0.508 e. The highest BCUT2D eigenvalue weighted by molar-refractivity contribution is 6.42. The number of phenolic OH excluding ortho intramolecular Hbond substituents is 3. The van der Waals surface area contributed by atoms with Gasteiger partial charge >= 0.3 is 5.69 Å². The highest BCUT2D eigenvalue weighted by atomic mass is 35.5. The summed E-state index contributed by atoms with van der Waals surface area (Å²) in [6.07, 6.45) is -18.3. The van der Waals surface area contributed by atoms with Gasteiger partial charge in [0.2, 0.25) is 59.3 Å². The topological polar surface area (TPSA) is 598 Å². The third kappa shape index (κ3) is 20.4. The number of hydrogen-bond acceptors (Lipinski definition) is 29. The number of hydrazine groups is 1. The molecule has 8 heterocycles. The number of nitrogens with one attached hydrogen (secondary N) is 10. The van der Waals surface area contributed by atoms with Gasteiger partial charge in [-0.2, -0.15) is 4.98 Å². The fourth-order valence-corrected chi connectivity index (χ4v) is 15.7. The van der Waals surface area contributed by atoms with Crippen LogP contribution in [0.15, 0.2) is 114 Å². The zero-order chi connectivity index (χ0) is 89.1. The van der Waals surface area contributed by atoms with Gasteiger partial charge in [0.05, 0.1) is 57.8 Å². The molecule has 23 N–H and O–H groups in total. The van der Waals surface area contributed by atoms with E-state index in [1.807, 2.05) is 19.3 Å². The summed E-state index contributed by atoms with van der Waals surface area (Å²) in [5, 5.41) is 129. The molecule has 43 heteroatoms. The molecule has 0 radical (unpaired) electrons. The van der Waals surface area contributed by atoms with Crippen LogP contribution in [0.5, 0.6) is 46.0 Å². The van der Waals surface area contributed by atoms with E-state index in [0.29, 0.717) is 10.6 Å². The van der Waals surface area contributed by atoms with Gasteiger partial charge in [-0.1, -0.05) is 84.5 Å². The van der Waals surface area contributed by atoms with Crippen molar-refractivity contribution in [1.82, 2.24) is 57.5 Å². The fourth-order valence-electron chi connectivity index (χ4n) is 14.9. The number of nitrogens with two attached hydrogens (primary N) is 2. The number of aliphatic hydroxyl groups excluding tert-OH is 6. The molecule has 0 aliphatic carbocycles. The van der Waals surface area contributed by atoms with E-state index in [2.05, 4.69) is 52.8 Å². The first kappa shape index (κ1) is 91.1. The number of anilines is 1. The SMILES string of the molecule is CNC(CC(C)C)C(=O)NC1C(=O)NC(CC(N)=O)C(=O)NC2C(=O)NC3C(=O)NC(C(=O)NC(C(=O)NN)c4cc(O)cc(O)c4-c4cc3ccc4O)C(O)c3ccc(c(Cl)c3)Oc3cc2cc(c3OC2OC(CO)C(O)C(O)C2OC2CC(C)(NCCn3ccc(NC(=O)Cc4ccc(Cl)c(Cl)c4)nc3=O)C(O)C(C)O2)Oc2ccc(cc2Cl)C1O. The number of phenols is 3. The Labute approximate surface area is 719 Å². The molecule has 0 spiro atoms. The number of primary amides is 1. The van der Waals surface area contributed by atoms with Crippen LogP contribution in [0, 0.1) is 5.92 Å². The Hall–Kier alpha value is -11.1. The van der Waals surface area contributed by atoms with Gasteiger partial charge in [-0.15, -0.1) is 0 Å². The Kier molecular flexibility index (Phi) is 28.4. The second-order valence-corrected chi connectivity index (χ2v) is 32.1. The number of ether oxygens (including phenoxy) is 6. The van der Waals surface area contributed by atoms with Crippen molar-refractivity contribution in [2.75, 3.05) is 25.5 Å². The number of nitrogens with zero attached hydrogens (tertiary/aromatic N) is 2. The van der Waals surface area contributed by atoms with Gasteiger partial charge in [0.1, 0.15) is 101 Å². The average molecular weight is 1790 g/mol. The van der Waals surface area contributed by atoms with Gasteiger partial charge < -0.3 is 128 Å². The maximum atomic E-state index is 16.3. The first-order valence-electron chi connectivity index (χ1n) is 38.3. The number of carbonyl (C=O) groups excluding carboxylic acids is 9. The number of rotatable bonds is 20. The number of carbonyl (C=O) groups is 9. The zero-order valence-electron chi connectivity index (χ0n) is 65.9. The van der Waals surface area contributed by atoms with Crippen molar-refractivity contribution in [3.63, 3.8) is 0 Å². The average Bonchev–Trinajstić information content (AvgIpc) is 0.757. The van der Waals surface area contributed by atoms with Gasteiger partial charge in [0.15, 0.2) is 23.9 Å². The molecule has 7 aromatic rings. The van der Waals surface area contributed by atoms with Crippen LogP contribution in [0.1, 0.15) is 111 Å². The number of hydrogen-bond donors (Lipinski definition) is 21. The molecule has 14 rings (SSSR count). The minimum atomic E-state index is -2.39. The molecule has 2 fully saturated rings. The first-order chi connectivity index (χ1) is 58.3. The van der Waals surface area contributed by atoms with Crippen LogP contribution in [-0.4, -0.2) is 208 Å². The number of likely N-dealkylation sites (N-methyl/N-ethyl adjacent to an activating group) is 1. The van der Waals surface area contributed by atoms with Crippen LogP contribution in [-0.2, 0) is 70.3 Å². The second-order valence-electron chi connectivity index (χ2n) is 30.5. The number of aliphatic hydroxyl groups is 6. The van der Waals surface area contributed by atoms with Gasteiger partial charge in [0, 0.05) is 48.4 Å². The Morgan fingerprint density at radius 3 is 1.98 bits per heavy atom. The summed E-state index contributed by atoms with van der Waals surface area (Å²) in [5.41, 5.74) is 3.33. The van der Waals surface area contributed by atoms with Crippen molar-refractivity contribution in [2.24, 2.45) is 17.5 Å². The molecule has 7 aliphatic heterocycles. The number of amides is 9. The lowest BCUT2D eigenvalue weighted by Gasteiger charge is -2.48. The maximum absolute atomic E-state index is 16.3. The molecule has 1 aromatic heterocycles. The van der Waals surface area contributed by atoms with E-state index in [-0.39, 0.29) is 71.6 Å². The number of fused-ring (bicyclic) bond motifs is 15. The molecule has 0 saturated carbocycles. The molecule has 11 bridgehead atoms. The fraction of sp³-hybridized carbons (Fsp3) is 0.388.